The lowest BCUT2D eigenvalue weighted by Gasteiger charge is -2.27. The summed E-state index contributed by atoms with van der Waals surface area (Å²) in [5.41, 5.74) is 0. The Morgan fingerprint density at radius 1 is 0.500 bits per heavy atom. The van der Waals surface area contributed by atoms with Crippen LogP contribution in [0.4, 0.5) is 0 Å². The first-order valence-electron chi connectivity index (χ1n) is 13.0. The van der Waals surface area contributed by atoms with Crippen molar-refractivity contribution in [2.45, 2.75) is 155 Å². The number of hydroxylamine groups is 3. The SMILES string of the molecule is CCCCCCCCCCCCCCCCCCCCCCC(C)[N+](C)(C)O. The van der Waals surface area contributed by atoms with Crippen LogP contribution in [-0.2, 0) is 0 Å². The normalized spacial score (nSPS) is 13.2. The van der Waals surface area contributed by atoms with Crippen LogP contribution in [0.3, 0.4) is 0 Å². The zero-order valence-corrected chi connectivity index (χ0v) is 20.3. The molecule has 0 aromatic carbocycles. The molecule has 0 radical (unpaired) electrons. The second-order valence-corrected chi connectivity index (χ2v) is 9.83. The third-order valence-corrected chi connectivity index (χ3v) is 6.55. The van der Waals surface area contributed by atoms with Crippen molar-refractivity contribution in [3.05, 3.63) is 0 Å². The fraction of sp³-hybridized carbons (Fsp3) is 1.00. The number of hydrogen-bond acceptors (Lipinski definition) is 1. The minimum atomic E-state index is 0.110. The smallest absolute Gasteiger partial charge is 0.116 e. The Balaban J connectivity index is 3.09. The van der Waals surface area contributed by atoms with E-state index in [0.29, 0.717) is 6.04 Å². The second-order valence-electron chi connectivity index (χ2n) is 9.83. The standard InChI is InChI=1S/C26H56NO/c1-5-6-7-8-9-10-11-12-13-14-15-16-17-18-19-20-21-22-23-24-25-26(2)27(3,4)28/h26,28H,5-25H2,1-4H3/q+1. The van der Waals surface area contributed by atoms with Gasteiger partial charge in [-0.1, -0.05) is 129 Å². The van der Waals surface area contributed by atoms with E-state index in [2.05, 4.69) is 13.8 Å². The molecule has 0 aliphatic carbocycles. The summed E-state index contributed by atoms with van der Waals surface area (Å²) in [5.74, 6) is 0. The first kappa shape index (κ1) is 27.9. The first-order chi connectivity index (χ1) is 13.5. The highest BCUT2D eigenvalue weighted by molar-refractivity contribution is 4.53. The summed E-state index contributed by atoms with van der Waals surface area (Å²) in [6.45, 7) is 4.44. The van der Waals surface area contributed by atoms with Gasteiger partial charge in [-0.15, -0.1) is 0 Å². The van der Waals surface area contributed by atoms with Crippen molar-refractivity contribution in [1.29, 1.82) is 0 Å². The number of unbranched alkanes of at least 4 members (excludes halogenated alkanes) is 19. The third-order valence-electron chi connectivity index (χ3n) is 6.55. The van der Waals surface area contributed by atoms with Gasteiger partial charge in [-0.25, -0.2) is 5.21 Å². The molecule has 0 rings (SSSR count). The molecule has 0 heterocycles. The lowest BCUT2D eigenvalue weighted by atomic mass is 10.0. The number of rotatable bonds is 22. The van der Waals surface area contributed by atoms with E-state index in [9.17, 15) is 5.21 Å². The molecule has 28 heavy (non-hydrogen) atoms. The lowest BCUT2D eigenvalue weighted by molar-refractivity contribution is -1.09. The Bertz CT molecular complexity index is 297. The molecule has 2 nitrogen and oxygen atoms in total. The number of hydrogen-bond donors (Lipinski definition) is 1. The molecule has 0 saturated heterocycles. The lowest BCUT2D eigenvalue weighted by Crippen LogP contribution is -2.43. The monoisotopic (exact) mass is 398 g/mol. The van der Waals surface area contributed by atoms with Crippen molar-refractivity contribution >= 4 is 0 Å². The predicted molar refractivity (Wildman–Crippen MR) is 126 cm³/mol. The molecular formula is C26H56NO+. The summed E-state index contributed by atoms with van der Waals surface area (Å²) in [5, 5.41) is 9.88. The van der Waals surface area contributed by atoms with Gasteiger partial charge >= 0.3 is 0 Å². The van der Waals surface area contributed by atoms with Crippen molar-refractivity contribution in [2.24, 2.45) is 0 Å². The second kappa shape index (κ2) is 20.2. The molecule has 1 N–H and O–H groups in total. The molecule has 0 aromatic heterocycles. The number of quaternary nitrogens is 1. The van der Waals surface area contributed by atoms with Crippen LogP contribution in [0.25, 0.3) is 0 Å². The van der Waals surface area contributed by atoms with Crippen LogP contribution in [0.15, 0.2) is 0 Å². The highest BCUT2D eigenvalue weighted by atomic mass is 16.5. The van der Waals surface area contributed by atoms with E-state index in [4.69, 9.17) is 0 Å². The summed E-state index contributed by atoms with van der Waals surface area (Å²) in [4.78, 5) is 0. The predicted octanol–water partition coefficient (Wildman–Crippen LogP) is 9.05. The van der Waals surface area contributed by atoms with Gasteiger partial charge in [0.15, 0.2) is 0 Å². The molecule has 0 aliphatic rings. The third kappa shape index (κ3) is 20.6. The molecule has 0 amide bonds. The van der Waals surface area contributed by atoms with Gasteiger partial charge in [-0.05, 0) is 13.3 Å². The van der Waals surface area contributed by atoms with Crippen molar-refractivity contribution in [3.8, 4) is 0 Å². The van der Waals surface area contributed by atoms with Crippen molar-refractivity contribution < 1.29 is 9.85 Å². The summed E-state index contributed by atoms with van der Waals surface area (Å²) in [6, 6.07) is 0.357. The maximum Gasteiger partial charge on any atom is 0.116 e. The van der Waals surface area contributed by atoms with Gasteiger partial charge < -0.3 is 0 Å². The average molecular weight is 399 g/mol. The van der Waals surface area contributed by atoms with E-state index in [1.54, 1.807) is 0 Å². The molecule has 0 fully saturated rings. The fourth-order valence-electron chi connectivity index (χ4n) is 4.01. The van der Waals surface area contributed by atoms with Crippen LogP contribution < -0.4 is 0 Å². The van der Waals surface area contributed by atoms with Gasteiger partial charge in [0, 0.05) is 6.42 Å². The highest BCUT2D eigenvalue weighted by Gasteiger charge is 2.20. The maximum atomic E-state index is 9.88. The summed E-state index contributed by atoms with van der Waals surface area (Å²) < 4.78 is 0.110. The fourth-order valence-corrected chi connectivity index (χ4v) is 4.01. The molecule has 0 aliphatic heterocycles. The van der Waals surface area contributed by atoms with Crippen LogP contribution in [0.2, 0.25) is 0 Å². The zero-order valence-electron chi connectivity index (χ0n) is 20.3. The summed E-state index contributed by atoms with van der Waals surface area (Å²) >= 11 is 0. The number of nitrogens with zero attached hydrogens (tertiary/aromatic N) is 1. The maximum absolute atomic E-state index is 9.88. The van der Waals surface area contributed by atoms with E-state index in [-0.39, 0.29) is 4.65 Å². The average Bonchev–Trinajstić information content (AvgIpc) is 2.65. The molecule has 1 unspecified atom stereocenters. The van der Waals surface area contributed by atoms with Gasteiger partial charge in [-0.2, -0.15) is 4.65 Å². The molecule has 0 bridgehead atoms. The van der Waals surface area contributed by atoms with Crippen LogP contribution >= 0.6 is 0 Å². The van der Waals surface area contributed by atoms with Crippen LogP contribution in [0, 0.1) is 0 Å². The largest absolute Gasteiger partial charge is 0.217 e. The minimum absolute atomic E-state index is 0.110. The Kier molecular flexibility index (Phi) is 20.1. The van der Waals surface area contributed by atoms with Crippen molar-refractivity contribution in [2.75, 3.05) is 14.1 Å². The minimum Gasteiger partial charge on any atom is -0.217 e. The molecular weight excluding hydrogens is 342 g/mol. The van der Waals surface area contributed by atoms with Crippen LogP contribution in [-0.4, -0.2) is 30.0 Å². The van der Waals surface area contributed by atoms with Crippen molar-refractivity contribution in [3.63, 3.8) is 0 Å². The highest BCUT2D eigenvalue weighted by Crippen LogP contribution is 2.16. The molecule has 2 heteroatoms. The quantitative estimate of drug-likeness (QED) is 0.109. The van der Waals surface area contributed by atoms with Gasteiger partial charge in [-0.3, -0.25) is 0 Å². The summed E-state index contributed by atoms with van der Waals surface area (Å²) in [6.07, 6.45) is 29.8. The van der Waals surface area contributed by atoms with E-state index in [0.717, 1.165) is 6.42 Å². The Morgan fingerprint density at radius 2 is 0.750 bits per heavy atom. The van der Waals surface area contributed by atoms with Gasteiger partial charge in [0.1, 0.15) is 6.04 Å². The topological polar surface area (TPSA) is 20.2 Å². The molecule has 0 saturated carbocycles. The van der Waals surface area contributed by atoms with E-state index >= 15 is 0 Å². The zero-order chi connectivity index (χ0) is 20.9. The van der Waals surface area contributed by atoms with E-state index in [1.807, 2.05) is 14.1 Å². The van der Waals surface area contributed by atoms with Gasteiger partial charge in [0.2, 0.25) is 0 Å². The summed E-state index contributed by atoms with van der Waals surface area (Å²) in [7, 11) is 3.75. The van der Waals surface area contributed by atoms with Gasteiger partial charge in [0.25, 0.3) is 0 Å². The Morgan fingerprint density at radius 3 is 1.00 bits per heavy atom. The molecule has 1 atom stereocenters. The first-order valence-corrected chi connectivity index (χ1v) is 13.0. The van der Waals surface area contributed by atoms with Crippen molar-refractivity contribution in [1.82, 2.24) is 0 Å². The van der Waals surface area contributed by atoms with Gasteiger partial charge in [0.05, 0.1) is 14.1 Å². The Hall–Kier alpha value is -0.0800. The van der Waals surface area contributed by atoms with E-state index in [1.165, 1.54) is 128 Å². The Labute approximate surface area is 179 Å². The van der Waals surface area contributed by atoms with Crippen LogP contribution in [0.1, 0.15) is 149 Å². The molecule has 0 spiro atoms. The molecule has 0 aromatic rings. The van der Waals surface area contributed by atoms with Crippen LogP contribution in [0.5, 0.6) is 0 Å². The van der Waals surface area contributed by atoms with E-state index < -0.39 is 0 Å². The molecule has 170 valence electrons.